The maximum Gasteiger partial charge on any atom is 0.211 e. The van der Waals surface area contributed by atoms with Crippen molar-refractivity contribution in [2.75, 3.05) is 31.9 Å². The zero-order chi connectivity index (χ0) is 19.3. The quantitative estimate of drug-likeness (QED) is 0.579. The summed E-state index contributed by atoms with van der Waals surface area (Å²) in [6, 6.07) is 14.9. The second-order valence-corrected chi connectivity index (χ2v) is 10.4. The van der Waals surface area contributed by atoms with Crippen molar-refractivity contribution in [1.29, 1.82) is 0 Å². The van der Waals surface area contributed by atoms with Gasteiger partial charge in [-0.15, -0.1) is 11.3 Å². The minimum absolute atomic E-state index is 0.112. The lowest BCUT2D eigenvalue weighted by Gasteiger charge is -2.36. The van der Waals surface area contributed by atoms with Crippen LogP contribution in [0.1, 0.15) is 30.3 Å². The Morgan fingerprint density at radius 2 is 1.78 bits per heavy atom. The summed E-state index contributed by atoms with van der Waals surface area (Å²) >= 11 is 1.73. The maximum atomic E-state index is 12.1. The summed E-state index contributed by atoms with van der Waals surface area (Å²) in [4.78, 5) is 4.36. The van der Waals surface area contributed by atoms with Gasteiger partial charge in [-0.05, 0) is 25.3 Å². The summed E-state index contributed by atoms with van der Waals surface area (Å²) in [7, 11) is -3.21. The summed E-state index contributed by atoms with van der Waals surface area (Å²) < 4.78 is 27.1. The molecule has 1 fully saturated rings. The van der Waals surface area contributed by atoms with Gasteiger partial charge in [0, 0.05) is 5.56 Å². The molecule has 0 unspecified atom stereocenters. The molecule has 0 radical (unpaired) electrons. The Kier molecular flexibility index (Phi) is 7.05. The molecule has 0 bridgehead atoms. The Bertz CT molecular complexity index is 786. The van der Waals surface area contributed by atoms with Crippen molar-refractivity contribution in [1.82, 2.24) is 4.72 Å². The molecule has 0 amide bonds. The van der Waals surface area contributed by atoms with Gasteiger partial charge >= 0.3 is 0 Å². The molecule has 0 aliphatic carbocycles. The first-order chi connectivity index (χ1) is 13.0. The molecule has 1 aliphatic heterocycles. The first-order valence-corrected chi connectivity index (χ1v) is 12.3. The van der Waals surface area contributed by atoms with E-state index in [2.05, 4.69) is 52.6 Å². The van der Waals surface area contributed by atoms with Crippen molar-refractivity contribution in [2.45, 2.75) is 32.5 Å². The maximum absolute atomic E-state index is 12.1. The highest BCUT2D eigenvalue weighted by atomic mass is 32.2. The molecule has 2 atom stereocenters. The van der Waals surface area contributed by atoms with Gasteiger partial charge in [0.05, 0.1) is 16.7 Å². The van der Waals surface area contributed by atoms with Crippen molar-refractivity contribution in [2.24, 2.45) is 0 Å². The molecule has 5 nitrogen and oxygen atoms in total. The van der Waals surface area contributed by atoms with E-state index >= 15 is 0 Å². The summed E-state index contributed by atoms with van der Waals surface area (Å²) in [5, 5.41) is 2.08. The van der Waals surface area contributed by atoms with Gasteiger partial charge in [-0.1, -0.05) is 36.4 Å². The minimum atomic E-state index is -3.21. The minimum Gasteiger partial charge on any atom is -0.322 e. The van der Waals surface area contributed by atoms with Crippen LogP contribution < -0.4 is 14.5 Å². The highest BCUT2D eigenvalue weighted by Gasteiger charge is 2.36. The van der Waals surface area contributed by atoms with E-state index in [1.165, 1.54) is 15.3 Å². The molecular weight excluding hydrogens is 378 g/mol. The molecule has 1 aromatic carbocycles. The average Bonchev–Trinajstić information content (AvgIpc) is 3.18. The van der Waals surface area contributed by atoms with Crippen molar-refractivity contribution >= 4 is 21.4 Å². The topological polar surface area (TPSA) is 55.0 Å². The fourth-order valence-corrected chi connectivity index (χ4v) is 5.86. The number of thiophene rings is 1. The van der Waals surface area contributed by atoms with Gasteiger partial charge < -0.3 is 9.80 Å². The Labute approximate surface area is 167 Å². The fraction of sp³-hybridized carbons (Fsp3) is 0.500. The molecular formula is C20H31N3O2S2+2. The summed E-state index contributed by atoms with van der Waals surface area (Å²) in [6.45, 7) is 9.10. The van der Waals surface area contributed by atoms with Gasteiger partial charge in [0.2, 0.25) is 10.0 Å². The largest absolute Gasteiger partial charge is 0.322 e. The van der Waals surface area contributed by atoms with E-state index in [1.807, 2.05) is 6.92 Å². The molecule has 1 aliphatic rings. The van der Waals surface area contributed by atoms with Gasteiger partial charge in [0.25, 0.3) is 0 Å². The van der Waals surface area contributed by atoms with Crippen molar-refractivity contribution in [3.05, 3.63) is 58.3 Å². The lowest BCUT2D eigenvalue weighted by atomic mass is 10.1. The number of hydrogen-bond acceptors (Lipinski definition) is 3. The molecule has 3 N–H and O–H groups in total. The van der Waals surface area contributed by atoms with E-state index in [9.17, 15) is 8.42 Å². The monoisotopic (exact) mass is 409 g/mol. The Hall–Kier alpha value is -1.25. The second kappa shape index (κ2) is 9.30. The standard InChI is InChI=1S/C20H29N3O2S2/c1-3-27(24,25)21-17(2)20(19-10-7-15-26-19)23-13-11-22(12-14-23)16-18-8-5-4-6-9-18/h4-10,15,17,20-21H,3,11-14,16H2,1-2H3/p+2/t17-,20+/m1/s1. The third kappa shape index (κ3) is 5.62. The first kappa shape index (κ1) is 20.5. The molecule has 3 rings (SSSR count). The Morgan fingerprint density at radius 1 is 1.07 bits per heavy atom. The number of piperazine rings is 1. The normalized spacial score (nSPS) is 23.0. The van der Waals surface area contributed by atoms with E-state index in [1.54, 1.807) is 23.2 Å². The van der Waals surface area contributed by atoms with E-state index in [4.69, 9.17) is 0 Å². The summed E-state index contributed by atoms with van der Waals surface area (Å²) in [5.41, 5.74) is 1.38. The lowest BCUT2D eigenvalue weighted by Crippen LogP contribution is -3.28. The van der Waals surface area contributed by atoms with Crippen molar-refractivity contribution < 1.29 is 18.2 Å². The van der Waals surface area contributed by atoms with Gasteiger partial charge in [-0.3, -0.25) is 0 Å². The average molecular weight is 410 g/mol. The number of benzene rings is 1. The van der Waals surface area contributed by atoms with Crippen LogP contribution in [0.2, 0.25) is 0 Å². The van der Waals surface area contributed by atoms with Gasteiger partial charge in [-0.2, -0.15) is 0 Å². The summed E-state index contributed by atoms with van der Waals surface area (Å²) in [6.07, 6.45) is 0. The predicted molar refractivity (Wildman–Crippen MR) is 111 cm³/mol. The van der Waals surface area contributed by atoms with Crippen LogP contribution in [-0.4, -0.2) is 46.4 Å². The van der Waals surface area contributed by atoms with Crippen LogP contribution in [0, 0.1) is 0 Å². The van der Waals surface area contributed by atoms with Gasteiger partial charge in [-0.25, -0.2) is 13.1 Å². The van der Waals surface area contributed by atoms with Crippen LogP contribution in [0.5, 0.6) is 0 Å². The van der Waals surface area contributed by atoms with E-state index < -0.39 is 10.0 Å². The lowest BCUT2D eigenvalue weighted by molar-refractivity contribution is -1.03. The van der Waals surface area contributed by atoms with Crippen LogP contribution in [0.15, 0.2) is 47.8 Å². The first-order valence-electron chi connectivity index (χ1n) is 9.74. The van der Waals surface area contributed by atoms with E-state index in [0.717, 1.165) is 32.7 Å². The molecule has 2 aromatic rings. The van der Waals surface area contributed by atoms with Gasteiger partial charge in [0.15, 0.2) is 0 Å². The number of rotatable bonds is 8. The molecule has 0 spiro atoms. The molecule has 2 heterocycles. The number of quaternary nitrogens is 2. The van der Waals surface area contributed by atoms with Crippen LogP contribution in [0.4, 0.5) is 0 Å². The zero-order valence-corrected chi connectivity index (χ0v) is 17.8. The second-order valence-electron chi connectivity index (χ2n) is 7.37. The fourth-order valence-electron chi connectivity index (χ4n) is 4.00. The zero-order valence-electron chi connectivity index (χ0n) is 16.1. The van der Waals surface area contributed by atoms with Crippen LogP contribution in [0.3, 0.4) is 0 Å². The third-order valence-electron chi connectivity index (χ3n) is 5.43. The molecule has 7 heteroatoms. The molecule has 27 heavy (non-hydrogen) atoms. The van der Waals surface area contributed by atoms with E-state index in [0.29, 0.717) is 0 Å². The molecule has 0 saturated carbocycles. The van der Waals surface area contributed by atoms with E-state index in [-0.39, 0.29) is 17.8 Å². The van der Waals surface area contributed by atoms with Crippen molar-refractivity contribution in [3.63, 3.8) is 0 Å². The Balaban J connectivity index is 1.66. The van der Waals surface area contributed by atoms with Crippen LogP contribution in [0.25, 0.3) is 0 Å². The third-order valence-corrected chi connectivity index (χ3v) is 7.88. The molecule has 1 saturated heterocycles. The molecule has 1 aromatic heterocycles. The highest BCUT2D eigenvalue weighted by Crippen LogP contribution is 2.20. The van der Waals surface area contributed by atoms with Crippen molar-refractivity contribution in [3.8, 4) is 0 Å². The number of nitrogens with one attached hydrogen (secondary N) is 3. The number of sulfonamides is 1. The van der Waals surface area contributed by atoms with Crippen LogP contribution >= 0.6 is 11.3 Å². The predicted octanol–water partition coefficient (Wildman–Crippen LogP) is 0.101. The smallest absolute Gasteiger partial charge is 0.211 e. The van der Waals surface area contributed by atoms with Gasteiger partial charge in [0.1, 0.15) is 38.8 Å². The van der Waals surface area contributed by atoms with Crippen LogP contribution in [-0.2, 0) is 16.6 Å². The Morgan fingerprint density at radius 3 is 2.37 bits per heavy atom. The SMILES string of the molecule is CCS(=O)(=O)N[C@H](C)[C@@H](c1cccs1)[NH+]1CC[NH+](Cc2ccccc2)CC1. The highest BCUT2D eigenvalue weighted by molar-refractivity contribution is 7.89. The number of hydrogen-bond donors (Lipinski definition) is 3. The molecule has 148 valence electrons. The summed E-state index contributed by atoms with van der Waals surface area (Å²) in [5.74, 6) is 0.124.